The number of nitrogens with one attached hydrogen (secondary N) is 1. The number of Topliss-reactive ketones (excluding diaryl/α,β-unsaturated/α-hetero) is 1. The van der Waals surface area contributed by atoms with Gasteiger partial charge in [0, 0.05) is 29.3 Å². The van der Waals surface area contributed by atoms with Gasteiger partial charge in [-0.25, -0.2) is 4.79 Å². The maximum absolute atomic E-state index is 13.6. The van der Waals surface area contributed by atoms with Gasteiger partial charge in [-0.05, 0) is 54.7 Å². The Morgan fingerprint density at radius 3 is 2.18 bits per heavy atom. The van der Waals surface area contributed by atoms with Crippen LogP contribution < -0.4 is 19.5 Å². The van der Waals surface area contributed by atoms with E-state index in [1.165, 1.54) is 7.11 Å². The number of esters is 1. The number of hydrogen-bond acceptors (Lipinski definition) is 7. The summed E-state index contributed by atoms with van der Waals surface area (Å²) in [5, 5.41) is 3.34. The first-order valence-corrected chi connectivity index (χ1v) is 11.1. The average molecular weight is 464 g/mol. The molecule has 0 spiro atoms. The minimum Gasteiger partial charge on any atom is -0.497 e. The molecule has 0 fully saturated rings. The second kappa shape index (κ2) is 9.63. The summed E-state index contributed by atoms with van der Waals surface area (Å²) in [5.74, 6) is 0.878. The number of methoxy groups -OCH3 is 4. The third-order valence-corrected chi connectivity index (χ3v) is 6.56. The number of ketones is 1. The van der Waals surface area contributed by atoms with Crippen LogP contribution in [0.25, 0.3) is 0 Å². The van der Waals surface area contributed by atoms with Gasteiger partial charge in [0.25, 0.3) is 0 Å². The summed E-state index contributed by atoms with van der Waals surface area (Å²) in [6.45, 7) is 1.84. The van der Waals surface area contributed by atoms with Gasteiger partial charge in [-0.3, -0.25) is 4.79 Å². The Labute approximate surface area is 199 Å². The van der Waals surface area contributed by atoms with Crippen molar-refractivity contribution in [2.75, 3.05) is 28.4 Å². The highest BCUT2D eigenvalue weighted by atomic mass is 16.5. The van der Waals surface area contributed by atoms with E-state index >= 15 is 0 Å². The van der Waals surface area contributed by atoms with Crippen LogP contribution in [0, 0.1) is 0 Å². The Morgan fingerprint density at radius 1 is 0.882 bits per heavy atom. The molecule has 2 aliphatic rings. The van der Waals surface area contributed by atoms with Gasteiger partial charge < -0.3 is 24.3 Å². The number of benzene rings is 2. The number of carbonyl (C=O) groups is 2. The van der Waals surface area contributed by atoms with Gasteiger partial charge in [-0.15, -0.1) is 0 Å². The lowest BCUT2D eigenvalue weighted by Crippen LogP contribution is -2.36. The summed E-state index contributed by atoms with van der Waals surface area (Å²) in [7, 11) is 6.10. The van der Waals surface area contributed by atoms with E-state index in [2.05, 4.69) is 5.32 Å². The second-order valence-corrected chi connectivity index (χ2v) is 8.40. The van der Waals surface area contributed by atoms with E-state index in [1.807, 2.05) is 43.3 Å². The van der Waals surface area contributed by atoms with E-state index in [1.54, 1.807) is 27.4 Å². The van der Waals surface area contributed by atoms with Gasteiger partial charge in [0.2, 0.25) is 0 Å². The number of ether oxygens (including phenoxy) is 4. The van der Waals surface area contributed by atoms with Gasteiger partial charge in [-0.2, -0.15) is 0 Å². The monoisotopic (exact) mass is 463 g/mol. The largest absolute Gasteiger partial charge is 0.497 e. The Balaban J connectivity index is 1.80. The van der Waals surface area contributed by atoms with Gasteiger partial charge in [-0.1, -0.05) is 18.2 Å². The molecule has 178 valence electrons. The zero-order valence-electron chi connectivity index (χ0n) is 20.1. The van der Waals surface area contributed by atoms with Crippen LogP contribution in [0.5, 0.6) is 17.2 Å². The molecule has 7 nitrogen and oxygen atoms in total. The first-order valence-electron chi connectivity index (χ1n) is 11.1. The van der Waals surface area contributed by atoms with Gasteiger partial charge >= 0.3 is 5.97 Å². The molecule has 1 N–H and O–H groups in total. The van der Waals surface area contributed by atoms with E-state index in [0.29, 0.717) is 41.2 Å². The summed E-state index contributed by atoms with van der Waals surface area (Å²) in [6, 6.07) is 13.3. The topological polar surface area (TPSA) is 83.1 Å². The van der Waals surface area contributed by atoms with E-state index < -0.39 is 11.9 Å². The van der Waals surface area contributed by atoms with Crippen molar-refractivity contribution >= 4 is 11.8 Å². The predicted octanol–water partition coefficient (Wildman–Crippen LogP) is 4.25. The quantitative estimate of drug-likeness (QED) is 0.642. The fourth-order valence-electron chi connectivity index (χ4n) is 4.90. The molecular formula is C27H29NO6. The van der Waals surface area contributed by atoms with Crippen LogP contribution in [0.3, 0.4) is 0 Å². The first kappa shape index (κ1) is 23.4. The first-order chi connectivity index (χ1) is 16.4. The molecule has 0 radical (unpaired) electrons. The molecule has 0 saturated heterocycles. The maximum atomic E-state index is 13.6. The fraction of sp³-hybridized carbons (Fsp3) is 0.333. The van der Waals surface area contributed by atoms with Crippen LogP contribution in [0.4, 0.5) is 0 Å². The normalized spacial score (nSPS) is 19.9. The highest BCUT2D eigenvalue weighted by Gasteiger charge is 2.41. The van der Waals surface area contributed by atoms with E-state index in [0.717, 1.165) is 22.6 Å². The molecule has 34 heavy (non-hydrogen) atoms. The Bertz CT molecular complexity index is 1180. The second-order valence-electron chi connectivity index (χ2n) is 8.40. The highest BCUT2D eigenvalue weighted by Crippen LogP contribution is 2.47. The summed E-state index contributed by atoms with van der Waals surface area (Å²) < 4.78 is 21.2. The Morgan fingerprint density at radius 2 is 1.56 bits per heavy atom. The molecule has 0 amide bonds. The molecule has 2 atom stereocenters. The molecule has 0 bridgehead atoms. The highest BCUT2D eigenvalue weighted by molar-refractivity contribution is 6.04. The maximum Gasteiger partial charge on any atom is 0.336 e. The molecule has 0 aromatic heterocycles. The van der Waals surface area contributed by atoms with Crippen molar-refractivity contribution in [2.45, 2.75) is 31.6 Å². The minimum absolute atomic E-state index is 0.00301. The van der Waals surface area contributed by atoms with Crippen LogP contribution in [0.1, 0.15) is 42.7 Å². The lowest BCUT2D eigenvalue weighted by atomic mass is 9.71. The van der Waals surface area contributed by atoms with Gasteiger partial charge in [0.15, 0.2) is 17.3 Å². The Kier molecular flexibility index (Phi) is 6.63. The third kappa shape index (κ3) is 4.14. The average Bonchev–Trinajstić information content (AvgIpc) is 2.86. The van der Waals surface area contributed by atoms with Gasteiger partial charge in [0.05, 0.1) is 34.0 Å². The van der Waals surface area contributed by atoms with E-state index in [4.69, 9.17) is 18.9 Å². The number of hydrogen-bond donors (Lipinski definition) is 1. The van der Waals surface area contributed by atoms with Crippen molar-refractivity contribution in [1.82, 2.24) is 5.32 Å². The van der Waals surface area contributed by atoms with Crippen LogP contribution in [0.15, 0.2) is 65.0 Å². The zero-order valence-corrected chi connectivity index (χ0v) is 20.1. The summed E-state index contributed by atoms with van der Waals surface area (Å²) in [5.41, 5.74) is 4.37. The molecule has 0 saturated carbocycles. The molecule has 7 heteroatoms. The van der Waals surface area contributed by atoms with Crippen molar-refractivity contribution in [3.63, 3.8) is 0 Å². The summed E-state index contributed by atoms with van der Waals surface area (Å²) in [6.07, 6.45) is 1.01. The van der Waals surface area contributed by atoms with Crippen molar-refractivity contribution in [3.8, 4) is 17.2 Å². The van der Waals surface area contributed by atoms with Crippen molar-refractivity contribution in [3.05, 3.63) is 76.1 Å². The van der Waals surface area contributed by atoms with Crippen molar-refractivity contribution in [1.29, 1.82) is 0 Å². The lowest BCUT2D eigenvalue weighted by Gasteiger charge is -2.36. The molecule has 1 aliphatic carbocycles. The van der Waals surface area contributed by atoms with Crippen LogP contribution >= 0.6 is 0 Å². The SMILES string of the molecule is COC(=O)C1=C(C)NC2=C(C(=O)C[C@H](c3ccc(OC)cc3)C2)[C@@H]1c1ccc(OC)c(OC)c1. The molecule has 1 heterocycles. The lowest BCUT2D eigenvalue weighted by molar-refractivity contribution is -0.136. The zero-order chi connectivity index (χ0) is 24.4. The number of allylic oxidation sites excluding steroid dienone is 3. The number of rotatable bonds is 6. The van der Waals surface area contributed by atoms with Crippen molar-refractivity contribution < 1.29 is 28.5 Å². The van der Waals surface area contributed by atoms with E-state index in [-0.39, 0.29) is 11.7 Å². The molecule has 0 unspecified atom stereocenters. The summed E-state index contributed by atoms with van der Waals surface area (Å²) >= 11 is 0. The number of carbonyl (C=O) groups excluding carboxylic acids is 2. The van der Waals surface area contributed by atoms with Crippen LogP contribution in [-0.4, -0.2) is 40.2 Å². The molecule has 2 aromatic carbocycles. The smallest absolute Gasteiger partial charge is 0.336 e. The molecular weight excluding hydrogens is 434 g/mol. The third-order valence-electron chi connectivity index (χ3n) is 6.56. The standard InChI is InChI=1S/C27H29NO6/c1-15-24(27(30)34-5)25(17-8-11-22(32-3)23(14-17)33-4)26-20(28-15)12-18(13-21(26)29)16-6-9-19(31-2)10-7-16/h6-11,14,18,25,28H,12-13H2,1-5H3/t18-,25-/m1/s1. The van der Waals surface area contributed by atoms with Crippen LogP contribution in [0.2, 0.25) is 0 Å². The fourth-order valence-corrected chi connectivity index (χ4v) is 4.90. The van der Waals surface area contributed by atoms with Gasteiger partial charge in [0.1, 0.15) is 5.75 Å². The molecule has 1 aliphatic heterocycles. The minimum atomic E-state index is -0.562. The number of dihydropyridines is 1. The molecule has 2 aromatic rings. The predicted molar refractivity (Wildman–Crippen MR) is 127 cm³/mol. The van der Waals surface area contributed by atoms with E-state index in [9.17, 15) is 9.59 Å². The Hall–Kier alpha value is -3.74. The molecule has 4 rings (SSSR count). The van der Waals surface area contributed by atoms with Crippen molar-refractivity contribution in [2.24, 2.45) is 0 Å². The van der Waals surface area contributed by atoms with Crippen LogP contribution in [-0.2, 0) is 14.3 Å². The summed E-state index contributed by atoms with van der Waals surface area (Å²) in [4.78, 5) is 26.5.